The van der Waals surface area contributed by atoms with E-state index in [4.69, 9.17) is 0 Å². The zero-order valence-electron chi connectivity index (χ0n) is 23.7. The largest absolute Gasteiger partial charge is 0.351 e. The van der Waals surface area contributed by atoms with E-state index < -0.39 is 0 Å². The van der Waals surface area contributed by atoms with Crippen molar-refractivity contribution in [3.63, 3.8) is 0 Å². The molecule has 3 aromatic rings. The molecule has 1 aliphatic heterocycles. The maximum Gasteiger partial charge on any atom is 0.265 e. The van der Waals surface area contributed by atoms with Crippen LogP contribution in [0, 0.1) is 17.7 Å². The summed E-state index contributed by atoms with van der Waals surface area (Å²) in [5.74, 6) is 0.524. The Morgan fingerprint density at radius 3 is 2.27 bits per heavy atom. The third-order valence-corrected chi connectivity index (χ3v) is 7.63. The predicted octanol–water partition coefficient (Wildman–Crippen LogP) is 6.85. The Morgan fingerprint density at radius 1 is 0.950 bits per heavy atom. The summed E-state index contributed by atoms with van der Waals surface area (Å²) in [5.41, 5.74) is 2.63. The fourth-order valence-corrected chi connectivity index (χ4v) is 5.88. The molecule has 0 saturated heterocycles. The van der Waals surface area contributed by atoms with Gasteiger partial charge in [0.1, 0.15) is 5.82 Å². The second-order valence-electron chi connectivity index (χ2n) is 11.0. The highest BCUT2D eigenvalue weighted by Gasteiger charge is 2.29. The predicted molar refractivity (Wildman–Crippen MR) is 163 cm³/mol. The highest BCUT2D eigenvalue weighted by atomic mass is 32.2. The number of carbonyl (C=O) groups excluding carboxylic acids is 2. The molecule has 7 heteroatoms. The zero-order chi connectivity index (χ0) is 28.6. The van der Waals surface area contributed by atoms with Gasteiger partial charge in [0.05, 0.1) is 17.1 Å². The number of para-hydroxylation sites is 1. The molecule has 2 amide bonds. The van der Waals surface area contributed by atoms with Gasteiger partial charge in [0, 0.05) is 42.2 Å². The normalized spacial score (nSPS) is 14.3. The van der Waals surface area contributed by atoms with Crippen molar-refractivity contribution in [1.29, 1.82) is 0 Å². The van der Waals surface area contributed by atoms with E-state index >= 15 is 0 Å². The van der Waals surface area contributed by atoms with Gasteiger partial charge in [-0.25, -0.2) is 4.39 Å². The lowest BCUT2D eigenvalue weighted by molar-refractivity contribution is -0.114. The lowest BCUT2D eigenvalue weighted by atomic mass is 10.1. The van der Waals surface area contributed by atoms with Crippen molar-refractivity contribution in [3.05, 3.63) is 100 Å². The van der Waals surface area contributed by atoms with Gasteiger partial charge in [0.15, 0.2) is 0 Å². The SMILES string of the molecule is CC(C)CN(CCNC(=O)c1ccc(/C=C2\Sc3ccccc3N(Cc3ccccc3F)C2=O)cc1)CC(C)C. The fraction of sp³-hybridized carbons (Fsp3) is 0.333. The standard InChI is InChI=1S/C33H38FN3O2S/c1-23(2)20-36(21-24(3)4)18-17-35-32(38)26-15-13-25(14-16-26)19-31-33(39)37(22-27-9-5-6-10-28(27)34)29-11-7-8-12-30(29)40-31/h5-16,19,23-24H,17-18,20-22H2,1-4H3,(H,35,38)/b31-19-. The van der Waals surface area contributed by atoms with Gasteiger partial charge in [-0.15, -0.1) is 0 Å². The van der Waals surface area contributed by atoms with E-state index in [-0.39, 0.29) is 24.2 Å². The first kappa shape index (κ1) is 29.6. The molecule has 3 aromatic carbocycles. The molecule has 0 saturated carbocycles. The van der Waals surface area contributed by atoms with E-state index in [0.29, 0.717) is 34.4 Å². The fourth-order valence-electron chi connectivity index (χ4n) is 4.82. The zero-order valence-corrected chi connectivity index (χ0v) is 24.5. The highest BCUT2D eigenvalue weighted by molar-refractivity contribution is 8.04. The maximum atomic E-state index is 14.4. The van der Waals surface area contributed by atoms with E-state index in [0.717, 1.165) is 35.8 Å². The number of amides is 2. The third kappa shape index (κ3) is 7.83. The summed E-state index contributed by atoms with van der Waals surface area (Å²) in [6.07, 6.45) is 1.83. The van der Waals surface area contributed by atoms with Gasteiger partial charge >= 0.3 is 0 Å². The Hall–Kier alpha value is -3.42. The Balaban J connectivity index is 1.44. The van der Waals surface area contributed by atoms with E-state index in [1.165, 1.54) is 17.8 Å². The number of fused-ring (bicyclic) bond motifs is 1. The number of halogens is 1. The maximum absolute atomic E-state index is 14.4. The van der Waals surface area contributed by atoms with Gasteiger partial charge in [-0.3, -0.25) is 9.59 Å². The van der Waals surface area contributed by atoms with Crippen LogP contribution in [-0.4, -0.2) is 42.9 Å². The van der Waals surface area contributed by atoms with Crippen LogP contribution in [0.4, 0.5) is 10.1 Å². The van der Waals surface area contributed by atoms with Gasteiger partial charge < -0.3 is 15.1 Å². The number of hydrogen-bond acceptors (Lipinski definition) is 4. The minimum absolute atomic E-state index is 0.110. The molecule has 0 aliphatic carbocycles. The Kier molecular flexibility index (Phi) is 10.2. The Bertz CT molecular complexity index is 1340. The number of thioether (sulfide) groups is 1. The van der Waals surface area contributed by atoms with Crippen LogP contribution in [-0.2, 0) is 11.3 Å². The van der Waals surface area contributed by atoms with Crippen LogP contribution in [0.25, 0.3) is 6.08 Å². The number of anilines is 1. The molecule has 1 N–H and O–H groups in total. The quantitative estimate of drug-likeness (QED) is 0.261. The van der Waals surface area contributed by atoms with Crippen LogP contribution in [0.1, 0.15) is 49.2 Å². The third-order valence-electron chi connectivity index (χ3n) is 6.55. The second kappa shape index (κ2) is 13.8. The molecular formula is C33H38FN3O2S. The summed E-state index contributed by atoms with van der Waals surface area (Å²) in [6.45, 7) is 12.4. The second-order valence-corrected chi connectivity index (χ2v) is 12.1. The monoisotopic (exact) mass is 559 g/mol. The average Bonchev–Trinajstić information content (AvgIpc) is 2.91. The lowest BCUT2D eigenvalue weighted by Gasteiger charge is -2.30. The van der Waals surface area contributed by atoms with E-state index in [1.54, 1.807) is 35.2 Å². The highest BCUT2D eigenvalue weighted by Crippen LogP contribution is 2.42. The van der Waals surface area contributed by atoms with Crippen molar-refractivity contribution < 1.29 is 14.0 Å². The summed E-state index contributed by atoms with van der Waals surface area (Å²) < 4.78 is 14.4. The smallest absolute Gasteiger partial charge is 0.265 e. The topological polar surface area (TPSA) is 52.7 Å². The van der Waals surface area contributed by atoms with Crippen LogP contribution in [0.15, 0.2) is 82.6 Å². The van der Waals surface area contributed by atoms with E-state index in [2.05, 4.69) is 37.9 Å². The molecule has 210 valence electrons. The number of nitrogens with one attached hydrogen (secondary N) is 1. The summed E-state index contributed by atoms with van der Waals surface area (Å²) in [4.78, 5) is 31.8. The minimum Gasteiger partial charge on any atom is -0.351 e. The molecule has 0 spiro atoms. The van der Waals surface area contributed by atoms with Crippen LogP contribution in [0.5, 0.6) is 0 Å². The lowest BCUT2D eigenvalue weighted by Crippen LogP contribution is -2.38. The number of benzene rings is 3. The molecule has 0 unspecified atom stereocenters. The molecule has 1 heterocycles. The number of nitrogens with zero attached hydrogens (tertiary/aromatic N) is 2. The van der Waals surface area contributed by atoms with Crippen molar-refractivity contribution in [2.24, 2.45) is 11.8 Å². The first-order valence-corrected chi connectivity index (χ1v) is 14.7. The van der Waals surface area contributed by atoms with E-state index in [9.17, 15) is 14.0 Å². The summed E-state index contributed by atoms with van der Waals surface area (Å²) in [7, 11) is 0. The van der Waals surface area contributed by atoms with Crippen LogP contribution >= 0.6 is 11.8 Å². The number of hydrogen-bond donors (Lipinski definition) is 1. The molecule has 5 nitrogen and oxygen atoms in total. The molecule has 0 atom stereocenters. The molecular weight excluding hydrogens is 521 g/mol. The van der Waals surface area contributed by atoms with Gasteiger partial charge in [0.2, 0.25) is 0 Å². The van der Waals surface area contributed by atoms with Gasteiger partial charge in [0.25, 0.3) is 11.8 Å². The van der Waals surface area contributed by atoms with Gasteiger partial charge in [-0.1, -0.05) is 81.9 Å². The van der Waals surface area contributed by atoms with Crippen molar-refractivity contribution in [1.82, 2.24) is 10.2 Å². The molecule has 1 aliphatic rings. The van der Waals surface area contributed by atoms with Gasteiger partial charge in [-0.05, 0) is 53.8 Å². The molecule has 4 rings (SSSR count). The first-order valence-electron chi connectivity index (χ1n) is 13.9. The summed E-state index contributed by atoms with van der Waals surface area (Å²) >= 11 is 1.40. The number of rotatable bonds is 11. The Morgan fingerprint density at radius 2 is 1.60 bits per heavy atom. The van der Waals surface area contributed by atoms with Crippen LogP contribution < -0.4 is 10.2 Å². The average molecular weight is 560 g/mol. The molecule has 0 fully saturated rings. The Labute approximate surface area is 241 Å². The number of carbonyl (C=O) groups is 2. The molecule has 0 radical (unpaired) electrons. The van der Waals surface area contributed by atoms with Crippen LogP contribution in [0.3, 0.4) is 0 Å². The van der Waals surface area contributed by atoms with Crippen molar-refractivity contribution in [2.75, 3.05) is 31.1 Å². The first-order chi connectivity index (χ1) is 19.2. The summed E-state index contributed by atoms with van der Waals surface area (Å²) in [5, 5.41) is 3.04. The minimum atomic E-state index is -0.335. The van der Waals surface area contributed by atoms with Crippen molar-refractivity contribution >= 4 is 35.3 Å². The summed E-state index contributed by atoms with van der Waals surface area (Å²) in [6, 6.07) is 21.4. The van der Waals surface area contributed by atoms with Gasteiger partial charge in [-0.2, -0.15) is 0 Å². The van der Waals surface area contributed by atoms with Crippen molar-refractivity contribution in [3.8, 4) is 0 Å². The van der Waals surface area contributed by atoms with Crippen molar-refractivity contribution in [2.45, 2.75) is 39.1 Å². The van der Waals surface area contributed by atoms with E-state index in [1.807, 2.05) is 42.5 Å². The molecule has 40 heavy (non-hydrogen) atoms. The molecule has 0 aromatic heterocycles. The molecule has 0 bridgehead atoms. The van der Waals surface area contributed by atoms with Crippen LogP contribution in [0.2, 0.25) is 0 Å².